The molecular formula is C13H19N3. The molecule has 1 aromatic heterocycles. The van der Waals surface area contributed by atoms with Crippen LogP contribution in [-0.4, -0.2) is 18.1 Å². The van der Waals surface area contributed by atoms with Crippen molar-refractivity contribution in [3.63, 3.8) is 0 Å². The summed E-state index contributed by atoms with van der Waals surface area (Å²) in [5, 5.41) is 6.57. The van der Waals surface area contributed by atoms with Crippen LogP contribution < -0.4 is 10.6 Å². The lowest BCUT2D eigenvalue weighted by Gasteiger charge is -2.17. The molecule has 0 saturated heterocycles. The maximum absolute atomic E-state index is 4.63. The van der Waals surface area contributed by atoms with Crippen LogP contribution in [0.2, 0.25) is 0 Å². The predicted octanol–water partition coefficient (Wildman–Crippen LogP) is 2.11. The van der Waals surface area contributed by atoms with Crippen LogP contribution in [0.4, 0.5) is 5.82 Å². The molecule has 2 heterocycles. The highest BCUT2D eigenvalue weighted by Crippen LogP contribution is 2.19. The van der Waals surface area contributed by atoms with Crippen LogP contribution in [0.3, 0.4) is 0 Å². The fourth-order valence-electron chi connectivity index (χ4n) is 1.91. The molecule has 0 amide bonds. The number of hydrogen-bond donors (Lipinski definition) is 2. The summed E-state index contributed by atoms with van der Waals surface area (Å²) < 4.78 is 0. The average Bonchev–Trinajstić information content (AvgIpc) is 2.28. The van der Waals surface area contributed by atoms with Gasteiger partial charge in [-0.05, 0) is 31.4 Å². The van der Waals surface area contributed by atoms with E-state index in [9.17, 15) is 0 Å². The van der Waals surface area contributed by atoms with Crippen molar-refractivity contribution in [2.45, 2.75) is 26.2 Å². The van der Waals surface area contributed by atoms with Gasteiger partial charge in [0, 0.05) is 30.9 Å². The molecule has 1 aliphatic rings. The Bertz CT molecular complexity index is 385. The summed E-state index contributed by atoms with van der Waals surface area (Å²) in [6, 6.07) is 4.33. The molecule has 3 heteroatoms. The molecule has 0 radical (unpaired) electrons. The molecular weight excluding hydrogens is 198 g/mol. The highest BCUT2D eigenvalue weighted by Gasteiger charge is 2.09. The summed E-state index contributed by atoms with van der Waals surface area (Å²) in [6.07, 6.45) is 3.31. The van der Waals surface area contributed by atoms with Gasteiger partial charge in [-0.1, -0.05) is 12.6 Å². The van der Waals surface area contributed by atoms with Crippen molar-refractivity contribution in [3.05, 3.63) is 35.7 Å². The predicted molar refractivity (Wildman–Crippen MR) is 67.6 cm³/mol. The van der Waals surface area contributed by atoms with E-state index < -0.39 is 0 Å². The van der Waals surface area contributed by atoms with Crippen molar-refractivity contribution in [1.82, 2.24) is 10.3 Å². The summed E-state index contributed by atoms with van der Waals surface area (Å²) in [5.41, 5.74) is 3.50. The zero-order valence-corrected chi connectivity index (χ0v) is 9.84. The molecule has 0 aromatic carbocycles. The number of pyridine rings is 1. The van der Waals surface area contributed by atoms with Gasteiger partial charge in [0.05, 0.1) is 0 Å². The lowest BCUT2D eigenvalue weighted by molar-refractivity contribution is 0.766. The molecule has 0 aliphatic carbocycles. The van der Waals surface area contributed by atoms with Gasteiger partial charge < -0.3 is 10.6 Å². The Morgan fingerprint density at radius 2 is 2.44 bits per heavy atom. The molecule has 1 aromatic rings. The summed E-state index contributed by atoms with van der Waals surface area (Å²) in [5.74, 6) is 1.08. The molecule has 0 fully saturated rings. The van der Waals surface area contributed by atoms with E-state index in [-0.39, 0.29) is 0 Å². The first-order valence-electron chi connectivity index (χ1n) is 5.88. The summed E-state index contributed by atoms with van der Waals surface area (Å²) in [6.45, 7) is 7.74. The smallest absolute Gasteiger partial charge is 0.129 e. The lowest BCUT2D eigenvalue weighted by Crippen LogP contribution is -2.17. The zero-order chi connectivity index (χ0) is 11.4. The fourth-order valence-corrected chi connectivity index (χ4v) is 1.91. The van der Waals surface area contributed by atoms with E-state index >= 15 is 0 Å². The van der Waals surface area contributed by atoms with Crippen molar-refractivity contribution in [1.29, 1.82) is 0 Å². The molecule has 0 bridgehead atoms. The van der Waals surface area contributed by atoms with Crippen LogP contribution in [0.25, 0.3) is 0 Å². The Kier molecular flexibility index (Phi) is 3.44. The van der Waals surface area contributed by atoms with E-state index in [2.05, 4.69) is 34.3 Å². The van der Waals surface area contributed by atoms with Crippen molar-refractivity contribution in [2.24, 2.45) is 0 Å². The molecule has 1 aliphatic heterocycles. The van der Waals surface area contributed by atoms with Crippen molar-refractivity contribution in [3.8, 4) is 0 Å². The first kappa shape index (κ1) is 11.0. The van der Waals surface area contributed by atoms with E-state index in [0.717, 1.165) is 43.1 Å². The van der Waals surface area contributed by atoms with Gasteiger partial charge in [-0.3, -0.25) is 0 Å². The molecule has 3 nitrogen and oxygen atoms in total. The Hall–Kier alpha value is -1.51. The van der Waals surface area contributed by atoms with Gasteiger partial charge in [-0.25, -0.2) is 4.98 Å². The highest BCUT2D eigenvalue weighted by atomic mass is 15.0. The van der Waals surface area contributed by atoms with E-state index in [4.69, 9.17) is 0 Å². The third-order valence-electron chi connectivity index (χ3n) is 2.76. The Morgan fingerprint density at radius 3 is 3.25 bits per heavy atom. The first-order valence-corrected chi connectivity index (χ1v) is 5.88. The van der Waals surface area contributed by atoms with Gasteiger partial charge in [0.15, 0.2) is 0 Å². The average molecular weight is 217 g/mol. The standard InChI is InChI=1S/C13H19N3/c1-10(2)14-9-7-12-6-5-11-4-3-8-15-13(11)16-12/h5-6,14H,1,3-4,7-9H2,2H3,(H,15,16). The highest BCUT2D eigenvalue weighted by molar-refractivity contribution is 5.47. The third kappa shape index (κ3) is 2.75. The maximum atomic E-state index is 4.63. The van der Waals surface area contributed by atoms with Gasteiger partial charge in [0.1, 0.15) is 5.82 Å². The van der Waals surface area contributed by atoms with Gasteiger partial charge >= 0.3 is 0 Å². The fraction of sp³-hybridized carbons (Fsp3) is 0.462. The second-order valence-corrected chi connectivity index (χ2v) is 4.30. The Labute approximate surface area is 97.0 Å². The van der Waals surface area contributed by atoms with Crippen LogP contribution in [-0.2, 0) is 12.8 Å². The number of nitrogens with zero attached hydrogens (tertiary/aromatic N) is 1. The van der Waals surface area contributed by atoms with Gasteiger partial charge in [-0.2, -0.15) is 0 Å². The van der Waals surface area contributed by atoms with Gasteiger partial charge in [0.2, 0.25) is 0 Å². The van der Waals surface area contributed by atoms with Gasteiger partial charge in [-0.15, -0.1) is 0 Å². The topological polar surface area (TPSA) is 37.0 Å². The number of rotatable bonds is 4. The third-order valence-corrected chi connectivity index (χ3v) is 2.76. The number of hydrogen-bond acceptors (Lipinski definition) is 3. The van der Waals surface area contributed by atoms with E-state index in [0.29, 0.717) is 0 Å². The maximum Gasteiger partial charge on any atom is 0.129 e. The molecule has 0 spiro atoms. The normalized spacial score (nSPS) is 13.8. The molecule has 16 heavy (non-hydrogen) atoms. The van der Waals surface area contributed by atoms with Crippen molar-refractivity contribution >= 4 is 5.82 Å². The second-order valence-electron chi connectivity index (χ2n) is 4.30. The van der Waals surface area contributed by atoms with Gasteiger partial charge in [0.25, 0.3) is 0 Å². The summed E-state index contributed by atoms with van der Waals surface area (Å²) in [7, 11) is 0. The minimum Gasteiger partial charge on any atom is -0.389 e. The molecule has 86 valence electrons. The quantitative estimate of drug-likeness (QED) is 0.811. The molecule has 2 rings (SSSR count). The number of allylic oxidation sites excluding steroid dienone is 1. The van der Waals surface area contributed by atoms with Crippen molar-refractivity contribution < 1.29 is 0 Å². The second kappa shape index (κ2) is 5.01. The van der Waals surface area contributed by atoms with Crippen LogP contribution in [0.1, 0.15) is 24.6 Å². The van der Waals surface area contributed by atoms with Crippen molar-refractivity contribution in [2.75, 3.05) is 18.4 Å². The summed E-state index contributed by atoms with van der Waals surface area (Å²) in [4.78, 5) is 4.63. The molecule has 0 saturated carbocycles. The monoisotopic (exact) mass is 217 g/mol. The summed E-state index contributed by atoms with van der Waals surface area (Å²) >= 11 is 0. The van der Waals surface area contributed by atoms with Crippen LogP contribution in [0.5, 0.6) is 0 Å². The minimum absolute atomic E-state index is 0.904. The number of anilines is 1. The SMILES string of the molecule is C=C(C)NCCc1ccc2c(n1)NCCC2. The number of nitrogens with one attached hydrogen (secondary N) is 2. The van der Waals surface area contributed by atoms with Crippen LogP contribution >= 0.6 is 0 Å². The number of aryl methyl sites for hydroxylation is 1. The van der Waals surface area contributed by atoms with E-state index in [1.807, 2.05) is 6.92 Å². The van der Waals surface area contributed by atoms with Crippen LogP contribution in [0.15, 0.2) is 24.4 Å². The largest absolute Gasteiger partial charge is 0.389 e. The Morgan fingerprint density at radius 1 is 1.56 bits per heavy atom. The van der Waals surface area contributed by atoms with E-state index in [1.165, 1.54) is 12.0 Å². The Balaban J connectivity index is 1.97. The van der Waals surface area contributed by atoms with E-state index in [1.54, 1.807) is 0 Å². The number of aromatic nitrogens is 1. The minimum atomic E-state index is 0.904. The first-order chi connectivity index (χ1) is 7.75. The van der Waals surface area contributed by atoms with Crippen LogP contribution in [0, 0.1) is 0 Å². The molecule has 2 N–H and O–H groups in total. The number of fused-ring (bicyclic) bond motifs is 1. The molecule has 0 atom stereocenters. The zero-order valence-electron chi connectivity index (χ0n) is 9.84. The lowest BCUT2D eigenvalue weighted by atomic mass is 10.1. The molecule has 0 unspecified atom stereocenters.